The lowest BCUT2D eigenvalue weighted by atomic mass is 10.1. The summed E-state index contributed by atoms with van der Waals surface area (Å²) < 4.78 is 5.43. The van der Waals surface area contributed by atoms with Gasteiger partial charge in [-0.25, -0.2) is 4.79 Å². The third-order valence-electron chi connectivity index (χ3n) is 2.41. The first-order valence-corrected chi connectivity index (χ1v) is 6.45. The zero-order chi connectivity index (χ0) is 14.0. The van der Waals surface area contributed by atoms with Crippen LogP contribution in [0.4, 0.5) is 5.69 Å². The number of hydrogen-bond acceptors (Lipinski definition) is 4. The topological polar surface area (TPSA) is 88.0 Å². The first-order chi connectivity index (χ1) is 9.08. The van der Waals surface area contributed by atoms with Gasteiger partial charge in [-0.1, -0.05) is 16.7 Å². The maximum atomic E-state index is 11.6. The molecular weight excluding hydrogens is 383 g/mol. The van der Waals surface area contributed by atoms with Crippen LogP contribution in [0.1, 0.15) is 10.4 Å². The lowest BCUT2D eigenvalue weighted by Crippen LogP contribution is -2.03. The van der Waals surface area contributed by atoms with Crippen LogP contribution in [0, 0.1) is 3.57 Å². The van der Waals surface area contributed by atoms with Crippen molar-refractivity contribution in [2.24, 2.45) is 5.11 Å². The normalized spacial score (nSPS) is 10.1. The van der Waals surface area contributed by atoms with Crippen LogP contribution in [-0.2, 0) is 4.74 Å². The van der Waals surface area contributed by atoms with Gasteiger partial charge in [0.25, 0.3) is 0 Å². The number of nitrogens with zero attached hydrogens (tertiary/aromatic N) is 4. The molecule has 0 aliphatic heterocycles. The van der Waals surface area contributed by atoms with Gasteiger partial charge >= 0.3 is 5.97 Å². The molecule has 0 N–H and O–H groups in total. The monoisotopic (exact) mass is 388 g/mol. The number of pyridine rings is 1. The molecule has 0 unspecified atom stereocenters. The van der Waals surface area contributed by atoms with Crippen LogP contribution in [-0.4, -0.2) is 18.1 Å². The molecule has 96 valence electrons. The van der Waals surface area contributed by atoms with Crippen LogP contribution >= 0.6 is 34.2 Å². The summed E-state index contributed by atoms with van der Waals surface area (Å²) in [6, 6.07) is 3.33. The molecule has 0 saturated carbocycles. The molecule has 0 amide bonds. The lowest BCUT2D eigenvalue weighted by molar-refractivity contribution is 0.0601. The minimum atomic E-state index is -0.619. The summed E-state index contributed by atoms with van der Waals surface area (Å²) >= 11 is 8.05. The number of aromatic nitrogens is 1. The summed E-state index contributed by atoms with van der Waals surface area (Å²) in [4.78, 5) is 18.6. The molecule has 0 bridgehead atoms. The number of rotatable bonds is 2. The first kappa shape index (κ1) is 13.9. The van der Waals surface area contributed by atoms with Crippen molar-refractivity contribution in [3.63, 3.8) is 0 Å². The largest absolute Gasteiger partial charge is 0.465 e. The lowest BCUT2D eigenvalue weighted by Gasteiger charge is -2.08. The van der Waals surface area contributed by atoms with Gasteiger partial charge in [-0.2, -0.15) is 0 Å². The summed E-state index contributed by atoms with van der Waals surface area (Å²) in [5.41, 5.74) is 9.53. The Kier molecular flexibility index (Phi) is 4.08. The number of halogens is 2. The molecule has 0 aliphatic carbocycles. The van der Waals surface area contributed by atoms with Crippen molar-refractivity contribution in [3.05, 3.63) is 42.9 Å². The van der Waals surface area contributed by atoms with Crippen LogP contribution in [0.2, 0.25) is 5.02 Å². The Morgan fingerprint density at radius 3 is 2.95 bits per heavy atom. The zero-order valence-corrected chi connectivity index (χ0v) is 12.5. The smallest absolute Gasteiger partial charge is 0.339 e. The van der Waals surface area contributed by atoms with Crippen molar-refractivity contribution in [1.29, 1.82) is 0 Å². The molecule has 0 fully saturated rings. The van der Waals surface area contributed by atoms with Gasteiger partial charge in [0.05, 0.1) is 23.9 Å². The third-order valence-corrected chi connectivity index (χ3v) is 3.45. The number of esters is 1. The quantitative estimate of drug-likeness (QED) is 0.254. The average molecular weight is 389 g/mol. The summed E-state index contributed by atoms with van der Waals surface area (Å²) in [5, 5.41) is 4.54. The van der Waals surface area contributed by atoms with E-state index in [9.17, 15) is 4.79 Å². The molecule has 0 saturated heterocycles. The fourth-order valence-corrected chi connectivity index (χ4v) is 2.79. The molecule has 1 heterocycles. The van der Waals surface area contributed by atoms with Gasteiger partial charge < -0.3 is 4.74 Å². The number of fused-ring (bicyclic) bond motifs is 1. The van der Waals surface area contributed by atoms with Gasteiger partial charge in [-0.05, 0) is 40.3 Å². The molecule has 6 nitrogen and oxygen atoms in total. The van der Waals surface area contributed by atoms with E-state index >= 15 is 0 Å². The van der Waals surface area contributed by atoms with Gasteiger partial charge in [0, 0.05) is 25.1 Å². The molecule has 0 radical (unpaired) electrons. The molecule has 0 spiro atoms. The van der Waals surface area contributed by atoms with Crippen LogP contribution in [0.3, 0.4) is 0 Å². The second-order valence-corrected chi connectivity index (χ2v) is 5.08. The van der Waals surface area contributed by atoms with Crippen molar-refractivity contribution < 1.29 is 9.53 Å². The standard InChI is InChI=1S/C11H6ClIN4O2/c1-19-11(18)7-4-15-10-6(9(7)16-17-14)2-5(12)3-8(10)13/h2-4H,1H3. The fraction of sp³-hybridized carbons (Fsp3) is 0.0909. The van der Waals surface area contributed by atoms with E-state index in [0.717, 1.165) is 3.57 Å². The minimum absolute atomic E-state index is 0.103. The Morgan fingerprint density at radius 2 is 2.32 bits per heavy atom. The Hall–Kier alpha value is -1.57. The van der Waals surface area contributed by atoms with Gasteiger partial charge in [0.2, 0.25) is 0 Å². The van der Waals surface area contributed by atoms with Gasteiger partial charge in [-0.3, -0.25) is 4.98 Å². The molecule has 2 rings (SSSR count). The molecular formula is C11H6ClIN4O2. The number of hydrogen-bond donors (Lipinski definition) is 0. The Labute approximate surface area is 126 Å². The summed E-state index contributed by atoms with van der Waals surface area (Å²) in [5.74, 6) is -0.619. The van der Waals surface area contributed by atoms with E-state index in [4.69, 9.17) is 17.1 Å². The number of methoxy groups -OCH3 is 1. The molecule has 8 heteroatoms. The van der Waals surface area contributed by atoms with Crippen LogP contribution in [0.5, 0.6) is 0 Å². The minimum Gasteiger partial charge on any atom is -0.465 e. The highest BCUT2D eigenvalue weighted by Gasteiger charge is 2.16. The van der Waals surface area contributed by atoms with Crippen molar-refractivity contribution in [2.45, 2.75) is 0 Å². The van der Waals surface area contributed by atoms with Gasteiger partial charge in [0.15, 0.2) is 0 Å². The van der Waals surface area contributed by atoms with E-state index in [0.29, 0.717) is 15.9 Å². The number of carbonyl (C=O) groups excluding carboxylic acids is 1. The van der Waals surface area contributed by atoms with E-state index in [2.05, 4.69) is 42.3 Å². The summed E-state index contributed by atoms with van der Waals surface area (Å²) in [6.45, 7) is 0. The molecule has 1 aromatic carbocycles. The number of ether oxygens (including phenoxy) is 1. The Bertz CT molecular complexity index is 728. The second-order valence-electron chi connectivity index (χ2n) is 3.49. The van der Waals surface area contributed by atoms with Crippen LogP contribution in [0.15, 0.2) is 23.4 Å². The summed E-state index contributed by atoms with van der Waals surface area (Å²) in [6.07, 6.45) is 1.33. The van der Waals surface area contributed by atoms with Gasteiger partial charge in [0.1, 0.15) is 0 Å². The van der Waals surface area contributed by atoms with E-state index in [1.165, 1.54) is 13.3 Å². The highest BCUT2D eigenvalue weighted by Crippen LogP contribution is 2.33. The van der Waals surface area contributed by atoms with Crippen molar-refractivity contribution in [3.8, 4) is 0 Å². The molecule has 0 aliphatic rings. The molecule has 1 aromatic heterocycles. The van der Waals surface area contributed by atoms with E-state index in [-0.39, 0.29) is 11.3 Å². The Morgan fingerprint density at radius 1 is 1.58 bits per heavy atom. The van der Waals surface area contributed by atoms with Crippen molar-refractivity contribution in [2.75, 3.05) is 7.11 Å². The first-order valence-electron chi connectivity index (χ1n) is 4.99. The predicted molar refractivity (Wildman–Crippen MR) is 79.6 cm³/mol. The highest BCUT2D eigenvalue weighted by molar-refractivity contribution is 14.1. The SMILES string of the molecule is COC(=O)c1cnc2c(I)cc(Cl)cc2c1N=[N+]=[N-]. The highest BCUT2D eigenvalue weighted by atomic mass is 127. The fourth-order valence-electron chi connectivity index (χ4n) is 1.62. The van der Waals surface area contributed by atoms with Crippen LogP contribution < -0.4 is 0 Å². The van der Waals surface area contributed by atoms with Crippen LogP contribution in [0.25, 0.3) is 21.3 Å². The molecule has 2 aromatic rings. The second kappa shape index (κ2) is 5.60. The van der Waals surface area contributed by atoms with Crippen molar-refractivity contribution >= 4 is 56.8 Å². The van der Waals surface area contributed by atoms with E-state index in [1.807, 2.05) is 0 Å². The van der Waals surface area contributed by atoms with E-state index < -0.39 is 5.97 Å². The molecule has 0 atom stereocenters. The van der Waals surface area contributed by atoms with Gasteiger partial charge in [-0.15, -0.1) is 0 Å². The molecule has 19 heavy (non-hydrogen) atoms. The summed E-state index contributed by atoms with van der Waals surface area (Å²) in [7, 11) is 1.24. The number of azide groups is 1. The maximum Gasteiger partial charge on any atom is 0.339 e. The number of benzene rings is 1. The third kappa shape index (κ3) is 2.58. The predicted octanol–water partition coefficient (Wildman–Crippen LogP) is 4.22. The maximum absolute atomic E-state index is 11.6. The zero-order valence-electron chi connectivity index (χ0n) is 9.59. The van der Waals surface area contributed by atoms with E-state index in [1.54, 1.807) is 12.1 Å². The average Bonchev–Trinajstić information content (AvgIpc) is 2.38. The Balaban J connectivity index is 2.91. The number of carbonyl (C=O) groups is 1. The van der Waals surface area contributed by atoms with Crippen molar-refractivity contribution in [1.82, 2.24) is 4.98 Å².